The maximum atomic E-state index is 12.3. The summed E-state index contributed by atoms with van der Waals surface area (Å²) in [6.07, 6.45) is 2.11. The van der Waals surface area contributed by atoms with E-state index in [0.717, 1.165) is 22.0 Å². The van der Waals surface area contributed by atoms with E-state index in [9.17, 15) is 13.2 Å². The molecule has 0 bridgehead atoms. The number of benzene rings is 2. The van der Waals surface area contributed by atoms with Gasteiger partial charge in [-0.15, -0.1) is 0 Å². The van der Waals surface area contributed by atoms with Crippen molar-refractivity contribution in [2.75, 3.05) is 6.26 Å². The topological polar surface area (TPSA) is 63.2 Å². The van der Waals surface area contributed by atoms with E-state index in [1.54, 1.807) is 12.1 Å². The van der Waals surface area contributed by atoms with Crippen molar-refractivity contribution in [3.05, 3.63) is 69.7 Å². The summed E-state index contributed by atoms with van der Waals surface area (Å²) in [5, 5.41) is 2.97. The highest BCUT2D eigenvalue weighted by molar-refractivity contribution is 9.10. The zero-order valence-corrected chi connectivity index (χ0v) is 16.3. The van der Waals surface area contributed by atoms with Crippen molar-refractivity contribution < 1.29 is 13.2 Å². The molecule has 6 heteroatoms. The van der Waals surface area contributed by atoms with Gasteiger partial charge in [0.2, 0.25) is 5.91 Å². The van der Waals surface area contributed by atoms with E-state index < -0.39 is 9.84 Å². The van der Waals surface area contributed by atoms with Gasteiger partial charge in [0.25, 0.3) is 0 Å². The Morgan fingerprint density at radius 3 is 2.48 bits per heavy atom. The van der Waals surface area contributed by atoms with Gasteiger partial charge in [-0.2, -0.15) is 0 Å². The molecule has 1 amide bonds. The van der Waals surface area contributed by atoms with Crippen molar-refractivity contribution >= 4 is 31.7 Å². The lowest BCUT2D eigenvalue weighted by atomic mass is 10.1. The van der Waals surface area contributed by atoms with Crippen LogP contribution >= 0.6 is 15.9 Å². The van der Waals surface area contributed by atoms with Crippen molar-refractivity contribution in [2.24, 2.45) is 5.92 Å². The molecule has 25 heavy (non-hydrogen) atoms. The largest absolute Gasteiger partial charge is 0.352 e. The second kappa shape index (κ2) is 7.30. The predicted molar refractivity (Wildman–Crippen MR) is 102 cm³/mol. The van der Waals surface area contributed by atoms with E-state index in [1.807, 2.05) is 24.3 Å². The minimum Gasteiger partial charge on any atom is -0.352 e. The fourth-order valence-corrected chi connectivity index (χ4v) is 4.18. The van der Waals surface area contributed by atoms with Crippen molar-refractivity contribution in [3.63, 3.8) is 0 Å². The predicted octanol–water partition coefficient (Wildman–Crippen LogP) is 3.41. The molecule has 4 nitrogen and oxygen atoms in total. The molecule has 3 rings (SSSR count). The minimum absolute atomic E-state index is 0.0377. The Kier molecular flexibility index (Phi) is 5.29. The van der Waals surface area contributed by atoms with Gasteiger partial charge in [0.15, 0.2) is 9.84 Å². The Bertz CT molecular complexity index is 878. The Morgan fingerprint density at radius 1 is 1.16 bits per heavy atom. The van der Waals surface area contributed by atoms with Crippen LogP contribution in [0.1, 0.15) is 29.0 Å². The van der Waals surface area contributed by atoms with Gasteiger partial charge in [0.1, 0.15) is 0 Å². The van der Waals surface area contributed by atoms with E-state index in [1.165, 1.54) is 11.8 Å². The Morgan fingerprint density at radius 2 is 1.84 bits per heavy atom. The fourth-order valence-electron chi connectivity index (χ4n) is 2.97. The SMILES string of the molecule is CS(=O)(=O)Cc1ccc(CNC(=O)C2CC2c2cccc(Br)c2)cc1. The number of sulfone groups is 1. The molecule has 1 saturated carbocycles. The van der Waals surface area contributed by atoms with Crippen LogP contribution in [0.4, 0.5) is 0 Å². The van der Waals surface area contributed by atoms with Gasteiger partial charge < -0.3 is 5.32 Å². The van der Waals surface area contributed by atoms with Gasteiger partial charge in [-0.1, -0.05) is 52.3 Å². The first-order chi connectivity index (χ1) is 11.8. The van der Waals surface area contributed by atoms with Gasteiger partial charge in [-0.25, -0.2) is 8.42 Å². The third-order valence-electron chi connectivity index (χ3n) is 4.32. The fraction of sp³-hybridized carbons (Fsp3) is 0.316. The number of amides is 1. The van der Waals surface area contributed by atoms with E-state index in [0.29, 0.717) is 12.5 Å². The van der Waals surface area contributed by atoms with Crippen LogP contribution in [0.5, 0.6) is 0 Å². The third-order valence-corrected chi connectivity index (χ3v) is 5.67. The molecule has 2 unspecified atom stereocenters. The summed E-state index contributed by atoms with van der Waals surface area (Å²) >= 11 is 3.46. The Hall–Kier alpha value is -1.66. The minimum atomic E-state index is -3.03. The summed E-state index contributed by atoms with van der Waals surface area (Å²) in [5.41, 5.74) is 2.92. The van der Waals surface area contributed by atoms with Crippen LogP contribution < -0.4 is 5.32 Å². The summed E-state index contributed by atoms with van der Waals surface area (Å²) < 4.78 is 23.6. The highest BCUT2D eigenvalue weighted by Gasteiger charge is 2.43. The van der Waals surface area contributed by atoms with Crippen LogP contribution in [0.2, 0.25) is 0 Å². The van der Waals surface area contributed by atoms with Gasteiger partial charge in [-0.3, -0.25) is 4.79 Å². The molecule has 1 fully saturated rings. The van der Waals surface area contributed by atoms with Gasteiger partial charge >= 0.3 is 0 Å². The molecule has 1 N–H and O–H groups in total. The Balaban J connectivity index is 1.51. The first-order valence-electron chi connectivity index (χ1n) is 8.10. The van der Waals surface area contributed by atoms with E-state index >= 15 is 0 Å². The maximum absolute atomic E-state index is 12.3. The van der Waals surface area contributed by atoms with E-state index in [-0.39, 0.29) is 17.6 Å². The quantitative estimate of drug-likeness (QED) is 0.776. The van der Waals surface area contributed by atoms with Crippen molar-refractivity contribution in [1.29, 1.82) is 0 Å². The average Bonchev–Trinajstić information content (AvgIpc) is 3.33. The van der Waals surface area contributed by atoms with Crippen molar-refractivity contribution in [2.45, 2.75) is 24.6 Å². The molecule has 0 aromatic heterocycles. The average molecular weight is 422 g/mol. The normalized spacial score (nSPS) is 19.4. The van der Waals surface area contributed by atoms with Crippen LogP contribution in [0, 0.1) is 5.92 Å². The molecule has 2 aromatic carbocycles. The van der Waals surface area contributed by atoms with Crippen LogP contribution in [0.25, 0.3) is 0 Å². The monoisotopic (exact) mass is 421 g/mol. The standard InChI is InChI=1S/C19H20BrNO3S/c1-25(23,24)12-14-7-5-13(6-8-14)11-21-19(22)18-10-17(18)15-3-2-4-16(20)9-15/h2-9,17-18H,10-12H2,1H3,(H,21,22). The molecule has 0 saturated heterocycles. The van der Waals surface area contributed by atoms with Crippen LogP contribution in [-0.4, -0.2) is 20.6 Å². The van der Waals surface area contributed by atoms with Gasteiger partial charge in [0.05, 0.1) is 5.75 Å². The molecular weight excluding hydrogens is 402 g/mol. The maximum Gasteiger partial charge on any atom is 0.224 e. The summed E-state index contributed by atoms with van der Waals surface area (Å²) in [4.78, 5) is 12.3. The lowest BCUT2D eigenvalue weighted by Crippen LogP contribution is -2.24. The molecule has 0 aliphatic heterocycles. The van der Waals surface area contributed by atoms with E-state index in [2.05, 4.69) is 33.4 Å². The number of hydrogen-bond donors (Lipinski definition) is 1. The number of carbonyl (C=O) groups is 1. The summed E-state index contributed by atoms with van der Waals surface area (Å²) in [6, 6.07) is 15.4. The highest BCUT2D eigenvalue weighted by Crippen LogP contribution is 2.47. The number of halogens is 1. The van der Waals surface area contributed by atoms with Crippen LogP contribution in [-0.2, 0) is 26.9 Å². The molecule has 1 aliphatic carbocycles. The van der Waals surface area contributed by atoms with E-state index in [4.69, 9.17) is 0 Å². The molecular formula is C19H20BrNO3S. The smallest absolute Gasteiger partial charge is 0.224 e. The van der Waals surface area contributed by atoms with Crippen molar-refractivity contribution in [1.82, 2.24) is 5.32 Å². The molecule has 2 atom stereocenters. The lowest BCUT2D eigenvalue weighted by Gasteiger charge is -2.07. The molecule has 132 valence electrons. The van der Waals surface area contributed by atoms with Crippen LogP contribution in [0.3, 0.4) is 0 Å². The zero-order valence-electron chi connectivity index (χ0n) is 13.9. The lowest BCUT2D eigenvalue weighted by molar-refractivity contribution is -0.122. The Labute approximate surface area is 156 Å². The summed E-state index contributed by atoms with van der Waals surface area (Å²) in [7, 11) is -3.03. The van der Waals surface area contributed by atoms with Gasteiger partial charge in [0, 0.05) is 23.2 Å². The number of hydrogen-bond acceptors (Lipinski definition) is 3. The first-order valence-corrected chi connectivity index (χ1v) is 11.0. The molecule has 1 aliphatic rings. The molecule has 0 radical (unpaired) electrons. The number of nitrogens with one attached hydrogen (secondary N) is 1. The summed E-state index contributed by atoms with van der Waals surface area (Å²) in [6.45, 7) is 0.458. The molecule has 0 heterocycles. The number of carbonyl (C=O) groups excluding carboxylic acids is 1. The number of rotatable bonds is 6. The zero-order chi connectivity index (χ0) is 18.0. The summed E-state index contributed by atoms with van der Waals surface area (Å²) in [5.74, 6) is 0.453. The van der Waals surface area contributed by atoms with Crippen LogP contribution in [0.15, 0.2) is 53.0 Å². The van der Waals surface area contributed by atoms with Gasteiger partial charge in [-0.05, 0) is 41.2 Å². The first kappa shape index (κ1) is 18.1. The highest BCUT2D eigenvalue weighted by atomic mass is 79.9. The van der Waals surface area contributed by atoms with Crippen molar-refractivity contribution in [3.8, 4) is 0 Å². The third kappa shape index (κ3) is 5.16. The molecule has 0 spiro atoms. The second-order valence-electron chi connectivity index (χ2n) is 6.61. The second-order valence-corrected chi connectivity index (χ2v) is 9.66. The molecule has 2 aromatic rings.